The smallest absolute Gasteiger partial charge is 0.309 e. The van der Waals surface area contributed by atoms with Gasteiger partial charge in [0.05, 0.1) is 6.04 Å². The Balaban J connectivity index is 1.57. The van der Waals surface area contributed by atoms with Crippen LogP contribution >= 0.6 is 11.3 Å². The van der Waals surface area contributed by atoms with E-state index in [2.05, 4.69) is 74.9 Å². The van der Waals surface area contributed by atoms with Crippen LogP contribution < -0.4 is 15.5 Å². The third-order valence-electron chi connectivity index (χ3n) is 6.31. The minimum Gasteiger partial charge on any atom is -0.369 e. The molecule has 180 valence electrons. The number of likely N-dealkylation sites (N-methyl/N-ethyl adjacent to an activating group) is 1. The van der Waals surface area contributed by atoms with E-state index >= 15 is 0 Å². The highest BCUT2D eigenvalue weighted by molar-refractivity contribution is 7.10. The number of carbonyl (C=O) groups excluding carboxylic acids is 2. The molecule has 1 aliphatic rings. The molecule has 7 nitrogen and oxygen atoms in total. The van der Waals surface area contributed by atoms with Crippen molar-refractivity contribution >= 4 is 28.8 Å². The molecule has 1 aromatic carbocycles. The lowest BCUT2D eigenvalue weighted by atomic mass is 10.0. The highest BCUT2D eigenvalue weighted by Gasteiger charge is 2.31. The zero-order valence-corrected chi connectivity index (χ0v) is 20.8. The van der Waals surface area contributed by atoms with Gasteiger partial charge in [0.25, 0.3) is 0 Å². The predicted octanol–water partition coefficient (Wildman–Crippen LogP) is 2.57. The number of anilines is 1. The summed E-state index contributed by atoms with van der Waals surface area (Å²) in [6.07, 6.45) is 0. The van der Waals surface area contributed by atoms with Gasteiger partial charge in [-0.1, -0.05) is 38.1 Å². The molecule has 0 radical (unpaired) electrons. The molecule has 8 heteroatoms. The summed E-state index contributed by atoms with van der Waals surface area (Å²) in [6.45, 7) is 12.9. The maximum Gasteiger partial charge on any atom is 0.309 e. The Morgan fingerprint density at radius 2 is 1.70 bits per heavy atom. The van der Waals surface area contributed by atoms with Crippen LogP contribution in [0.3, 0.4) is 0 Å². The van der Waals surface area contributed by atoms with Crippen LogP contribution in [0.2, 0.25) is 0 Å². The molecule has 0 aliphatic carbocycles. The number of hydrogen-bond donors (Lipinski definition) is 2. The molecular formula is C25H37N5O2S. The Labute approximate surface area is 201 Å². The van der Waals surface area contributed by atoms with Crippen molar-refractivity contribution in [3.8, 4) is 0 Å². The fourth-order valence-corrected chi connectivity index (χ4v) is 5.36. The average molecular weight is 472 g/mol. The third kappa shape index (κ3) is 7.03. The van der Waals surface area contributed by atoms with E-state index < -0.39 is 11.8 Å². The van der Waals surface area contributed by atoms with Gasteiger partial charge in [-0.2, -0.15) is 0 Å². The summed E-state index contributed by atoms with van der Waals surface area (Å²) >= 11 is 1.70. The first-order valence-corrected chi connectivity index (χ1v) is 12.8. The molecule has 0 saturated carbocycles. The van der Waals surface area contributed by atoms with Gasteiger partial charge >= 0.3 is 11.8 Å². The van der Waals surface area contributed by atoms with Crippen molar-refractivity contribution in [3.63, 3.8) is 0 Å². The number of thiophene rings is 1. The Kier molecular flexibility index (Phi) is 9.72. The summed E-state index contributed by atoms with van der Waals surface area (Å²) in [5.41, 5.74) is 1.24. The topological polar surface area (TPSA) is 67.9 Å². The van der Waals surface area contributed by atoms with E-state index in [9.17, 15) is 9.59 Å². The van der Waals surface area contributed by atoms with Gasteiger partial charge in [0, 0.05) is 55.9 Å². The third-order valence-corrected chi connectivity index (χ3v) is 7.25. The van der Waals surface area contributed by atoms with Crippen molar-refractivity contribution in [2.45, 2.75) is 32.9 Å². The van der Waals surface area contributed by atoms with E-state index in [4.69, 9.17) is 0 Å². The van der Waals surface area contributed by atoms with Crippen LogP contribution in [0.25, 0.3) is 0 Å². The van der Waals surface area contributed by atoms with Crippen LogP contribution in [0.15, 0.2) is 47.8 Å². The molecule has 2 heterocycles. The first kappa shape index (κ1) is 25.2. The number of nitrogens with one attached hydrogen (secondary N) is 2. The average Bonchev–Trinajstić information content (AvgIpc) is 3.37. The lowest BCUT2D eigenvalue weighted by Gasteiger charge is -2.42. The number of benzene rings is 1. The zero-order valence-electron chi connectivity index (χ0n) is 20.0. The number of carbonyl (C=O) groups is 2. The normalized spacial score (nSPS) is 16.4. The van der Waals surface area contributed by atoms with E-state index in [1.807, 2.05) is 19.1 Å². The van der Waals surface area contributed by atoms with Crippen LogP contribution in [0.1, 0.15) is 31.7 Å². The van der Waals surface area contributed by atoms with Crippen LogP contribution in [0, 0.1) is 0 Å². The molecule has 1 aromatic heterocycles. The molecule has 0 spiro atoms. The summed E-state index contributed by atoms with van der Waals surface area (Å²) in [5.74, 6) is -1.13. The quantitative estimate of drug-likeness (QED) is 0.522. The maximum atomic E-state index is 12.6. The molecule has 3 rings (SSSR count). The van der Waals surface area contributed by atoms with Gasteiger partial charge in [-0.15, -0.1) is 11.3 Å². The second-order valence-corrected chi connectivity index (χ2v) is 9.34. The summed E-state index contributed by atoms with van der Waals surface area (Å²) in [5, 5.41) is 7.78. The number of rotatable bonds is 10. The molecule has 1 fully saturated rings. The molecule has 2 amide bonds. The molecule has 33 heavy (non-hydrogen) atoms. The van der Waals surface area contributed by atoms with Crippen LogP contribution in [-0.2, 0) is 9.59 Å². The Morgan fingerprint density at radius 3 is 2.30 bits per heavy atom. The van der Waals surface area contributed by atoms with Gasteiger partial charge in [-0.05, 0) is 43.6 Å². The van der Waals surface area contributed by atoms with Gasteiger partial charge in [0.1, 0.15) is 0 Å². The van der Waals surface area contributed by atoms with E-state index in [-0.39, 0.29) is 12.1 Å². The standard InChI is InChI=1S/C25H37N5O2S/c1-4-28(5-2)14-13-26-24(31)25(32)27-20(3)23(22-12-9-19-33-22)30-17-15-29(16-18-30)21-10-7-6-8-11-21/h6-12,19-20,23H,4-5,13-18H2,1-3H3,(H,26,31)(H,27,32)/t20-,23+/m1/s1. The Bertz CT molecular complexity index is 849. The summed E-state index contributed by atoms with van der Waals surface area (Å²) < 4.78 is 0. The summed E-state index contributed by atoms with van der Waals surface area (Å²) in [4.78, 5) is 33.2. The molecule has 1 aliphatic heterocycles. The van der Waals surface area contributed by atoms with Gasteiger partial charge in [0.2, 0.25) is 0 Å². The van der Waals surface area contributed by atoms with Gasteiger partial charge in [-0.3, -0.25) is 14.5 Å². The van der Waals surface area contributed by atoms with Crippen molar-refractivity contribution in [2.24, 2.45) is 0 Å². The van der Waals surface area contributed by atoms with Gasteiger partial charge in [-0.25, -0.2) is 0 Å². The zero-order chi connectivity index (χ0) is 23.6. The van der Waals surface area contributed by atoms with Crippen LogP contribution in [0.5, 0.6) is 0 Å². The fourth-order valence-electron chi connectivity index (χ4n) is 4.40. The van der Waals surface area contributed by atoms with Crippen molar-refractivity contribution < 1.29 is 9.59 Å². The molecule has 2 aromatic rings. The molecule has 2 atom stereocenters. The second kappa shape index (κ2) is 12.7. The van der Waals surface area contributed by atoms with Crippen molar-refractivity contribution in [1.29, 1.82) is 0 Å². The molecule has 0 unspecified atom stereocenters. The number of hydrogen-bond acceptors (Lipinski definition) is 6. The van der Waals surface area contributed by atoms with E-state index in [1.54, 1.807) is 11.3 Å². The number of amides is 2. The number of para-hydroxylation sites is 1. The van der Waals surface area contributed by atoms with E-state index in [0.29, 0.717) is 6.54 Å². The minimum absolute atomic E-state index is 0.0374. The molecule has 1 saturated heterocycles. The minimum atomic E-state index is -0.563. The predicted molar refractivity (Wildman–Crippen MR) is 136 cm³/mol. The number of piperazine rings is 1. The highest BCUT2D eigenvalue weighted by atomic mass is 32.1. The van der Waals surface area contributed by atoms with E-state index in [1.165, 1.54) is 10.6 Å². The van der Waals surface area contributed by atoms with Crippen LogP contribution in [-0.4, -0.2) is 80.0 Å². The second-order valence-electron chi connectivity index (χ2n) is 8.36. The monoisotopic (exact) mass is 471 g/mol. The molecule has 0 bridgehead atoms. The first-order chi connectivity index (χ1) is 16.0. The van der Waals surface area contributed by atoms with Gasteiger partial charge < -0.3 is 20.4 Å². The van der Waals surface area contributed by atoms with Crippen molar-refractivity contribution in [1.82, 2.24) is 20.4 Å². The van der Waals surface area contributed by atoms with Crippen LogP contribution in [0.4, 0.5) is 5.69 Å². The summed E-state index contributed by atoms with van der Waals surface area (Å²) in [7, 11) is 0. The first-order valence-electron chi connectivity index (χ1n) is 11.9. The molecular weight excluding hydrogens is 434 g/mol. The largest absolute Gasteiger partial charge is 0.369 e. The van der Waals surface area contributed by atoms with E-state index in [0.717, 1.165) is 45.8 Å². The Morgan fingerprint density at radius 1 is 1.00 bits per heavy atom. The Hall–Kier alpha value is -2.42. The van der Waals surface area contributed by atoms with Crippen molar-refractivity contribution in [2.75, 3.05) is 57.3 Å². The highest BCUT2D eigenvalue weighted by Crippen LogP contribution is 2.30. The maximum absolute atomic E-state index is 12.6. The molecule has 2 N–H and O–H groups in total. The van der Waals surface area contributed by atoms with Crippen molar-refractivity contribution in [3.05, 3.63) is 52.7 Å². The SMILES string of the molecule is CCN(CC)CCNC(=O)C(=O)N[C@H](C)[C@@H](c1cccs1)N1CCN(c2ccccc2)CC1. The van der Waals surface area contributed by atoms with Gasteiger partial charge in [0.15, 0.2) is 0 Å². The fraction of sp³-hybridized carbons (Fsp3) is 0.520. The lowest BCUT2D eigenvalue weighted by molar-refractivity contribution is -0.139. The number of nitrogens with zero attached hydrogens (tertiary/aromatic N) is 3. The summed E-state index contributed by atoms with van der Waals surface area (Å²) in [6, 6.07) is 14.5. The lowest BCUT2D eigenvalue weighted by Crippen LogP contribution is -2.54.